The van der Waals surface area contributed by atoms with Crippen LogP contribution < -0.4 is 11.3 Å². The van der Waals surface area contributed by atoms with E-state index in [1.165, 1.54) is 15.9 Å². The summed E-state index contributed by atoms with van der Waals surface area (Å²) in [6.45, 7) is 0.203. The monoisotopic (exact) mass is 271 g/mol. The zero-order chi connectivity index (χ0) is 12.4. The minimum Gasteiger partial charge on any atom is -0.448 e. The second-order valence-electron chi connectivity index (χ2n) is 3.22. The Labute approximate surface area is 105 Å². The number of carbonyl (C=O) groups excluding carboxylic acids is 1. The molecule has 0 unspecified atom stereocenters. The summed E-state index contributed by atoms with van der Waals surface area (Å²) in [4.78, 5) is 25.3. The number of ether oxygens (including phenoxy) is 1. The zero-order valence-electron chi connectivity index (χ0n) is 8.63. The van der Waals surface area contributed by atoms with Gasteiger partial charge in [0.1, 0.15) is 11.3 Å². The van der Waals surface area contributed by atoms with E-state index < -0.39 is 6.09 Å². The normalized spacial score (nSPS) is 10.6. The Morgan fingerprint density at radius 2 is 2.41 bits per heavy atom. The third-order valence-electron chi connectivity index (χ3n) is 2.15. The maximum Gasteiger partial charge on any atom is 0.404 e. The molecule has 0 spiro atoms. The molecule has 0 aliphatic rings. The lowest BCUT2D eigenvalue weighted by molar-refractivity contribution is 0.151. The van der Waals surface area contributed by atoms with Gasteiger partial charge in [-0.25, -0.2) is 4.79 Å². The molecule has 0 aliphatic heterocycles. The van der Waals surface area contributed by atoms with Gasteiger partial charge in [0.2, 0.25) is 0 Å². The molecule has 0 aliphatic carbocycles. The Morgan fingerprint density at radius 3 is 3.12 bits per heavy atom. The first kappa shape index (κ1) is 11.8. The first-order valence-corrected chi connectivity index (χ1v) is 6.01. The molecule has 17 heavy (non-hydrogen) atoms. The quantitative estimate of drug-likeness (QED) is 0.821. The van der Waals surface area contributed by atoms with Gasteiger partial charge in [0.15, 0.2) is 4.77 Å². The Balaban J connectivity index is 2.36. The van der Waals surface area contributed by atoms with Gasteiger partial charge in [-0.3, -0.25) is 9.36 Å². The van der Waals surface area contributed by atoms with Gasteiger partial charge in [-0.2, -0.15) is 0 Å². The van der Waals surface area contributed by atoms with E-state index in [2.05, 4.69) is 9.72 Å². The van der Waals surface area contributed by atoms with Crippen molar-refractivity contribution in [3.63, 3.8) is 0 Å². The van der Waals surface area contributed by atoms with Crippen LogP contribution in [0.3, 0.4) is 0 Å². The average Bonchev–Trinajstić information content (AvgIpc) is 2.70. The molecule has 0 radical (unpaired) electrons. The third kappa shape index (κ3) is 2.37. The van der Waals surface area contributed by atoms with E-state index in [4.69, 9.17) is 18.0 Å². The van der Waals surface area contributed by atoms with Crippen molar-refractivity contribution >= 4 is 39.9 Å². The number of H-pyrrole nitrogens is 1. The van der Waals surface area contributed by atoms with Crippen molar-refractivity contribution in [3.8, 4) is 0 Å². The van der Waals surface area contributed by atoms with Crippen molar-refractivity contribution in [1.29, 1.82) is 0 Å². The molecule has 0 saturated heterocycles. The Bertz CT molecular complexity index is 670. The number of thiophene rings is 1. The van der Waals surface area contributed by atoms with Crippen LogP contribution in [0.4, 0.5) is 4.79 Å². The number of nitrogens with one attached hydrogen (secondary N) is 1. The van der Waals surface area contributed by atoms with Crippen LogP contribution in [0.2, 0.25) is 0 Å². The minimum atomic E-state index is -0.870. The van der Waals surface area contributed by atoms with E-state index in [1.807, 2.05) is 5.38 Å². The second kappa shape index (κ2) is 4.68. The highest BCUT2D eigenvalue weighted by molar-refractivity contribution is 7.71. The molecule has 8 heteroatoms. The fourth-order valence-corrected chi connectivity index (χ4v) is 2.49. The van der Waals surface area contributed by atoms with Crippen LogP contribution in [0.5, 0.6) is 0 Å². The molecular weight excluding hydrogens is 262 g/mol. The standard InChI is InChI=1S/C9H9N3O3S2/c10-8(14)15-3-2-12-7(13)6-5(1-4-17-6)11-9(12)16/h1,4H,2-3H2,(H2,10,14)(H,11,16). The van der Waals surface area contributed by atoms with Gasteiger partial charge in [-0.1, -0.05) is 0 Å². The molecule has 0 aromatic carbocycles. The molecule has 90 valence electrons. The van der Waals surface area contributed by atoms with Crippen molar-refractivity contribution in [3.05, 3.63) is 26.6 Å². The number of primary amides is 1. The van der Waals surface area contributed by atoms with Crippen molar-refractivity contribution < 1.29 is 9.53 Å². The summed E-state index contributed by atoms with van der Waals surface area (Å²) in [6, 6.07) is 1.79. The predicted octanol–water partition coefficient (Wildman–Crippen LogP) is 1.22. The maximum atomic E-state index is 12.0. The van der Waals surface area contributed by atoms with Gasteiger partial charge in [0, 0.05) is 0 Å². The number of aromatic amines is 1. The zero-order valence-corrected chi connectivity index (χ0v) is 10.3. The first-order valence-electron chi connectivity index (χ1n) is 4.72. The summed E-state index contributed by atoms with van der Waals surface area (Å²) < 4.78 is 6.81. The molecular formula is C9H9N3O3S2. The fraction of sp³-hybridized carbons (Fsp3) is 0.222. The lowest BCUT2D eigenvalue weighted by atomic mass is 10.4. The van der Waals surface area contributed by atoms with Crippen LogP contribution >= 0.6 is 23.6 Å². The molecule has 2 aromatic heterocycles. The summed E-state index contributed by atoms with van der Waals surface area (Å²) in [5, 5.41) is 1.81. The second-order valence-corrected chi connectivity index (χ2v) is 4.52. The topological polar surface area (TPSA) is 90.1 Å². The van der Waals surface area contributed by atoms with Crippen molar-refractivity contribution in [2.45, 2.75) is 6.54 Å². The van der Waals surface area contributed by atoms with Gasteiger partial charge in [-0.15, -0.1) is 11.3 Å². The minimum absolute atomic E-state index is 0.0175. The number of hydrogen-bond acceptors (Lipinski definition) is 5. The number of aromatic nitrogens is 2. The number of hydrogen-bond donors (Lipinski definition) is 2. The van der Waals surface area contributed by atoms with Crippen LogP contribution in [0.15, 0.2) is 16.2 Å². The van der Waals surface area contributed by atoms with E-state index in [9.17, 15) is 9.59 Å². The Hall–Kier alpha value is -1.67. The van der Waals surface area contributed by atoms with E-state index in [1.54, 1.807) is 6.07 Å². The molecule has 0 atom stereocenters. The Morgan fingerprint density at radius 1 is 1.65 bits per heavy atom. The number of fused-ring (bicyclic) bond motifs is 1. The highest BCUT2D eigenvalue weighted by atomic mass is 32.1. The highest BCUT2D eigenvalue weighted by Crippen LogP contribution is 2.13. The van der Waals surface area contributed by atoms with Gasteiger partial charge >= 0.3 is 6.09 Å². The highest BCUT2D eigenvalue weighted by Gasteiger charge is 2.06. The van der Waals surface area contributed by atoms with Gasteiger partial charge in [-0.05, 0) is 23.7 Å². The predicted molar refractivity (Wildman–Crippen MR) is 66.8 cm³/mol. The molecule has 2 aromatic rings. The van der Waals surface area contributed by atoms with Crippen LogP contribution in [-0.2, 0) is 11.3 Å². The van der Waals surface area contributed by atoms with E-state index in [0.717, 1.165) is 5.52 Å². The number of carbonyl (C=O) groups is 1. The Kier molecular flexibility index (Phi) is 3.25. The molecule has 0 bridgehead atoms. The number of nitrogens with zero attached hydrogens (tertiary/aromatic N) is 1. The van der Waals surface area contributed by atoms with Crippen molar-refractivity contribution in [2.75, 3.05) is 6.61 Å². The van der Waals surface area contributed by atoms with Crippen LogP contribution in [0.25, 0.3) is 10.2 Å². The van der Waals surface area contributed by atoms with Crippen LogP contribution in [0.1, 0.15) is 0 Å². The largest absolute Gasteiger partial charge is 0.448 e. The molecule has 2 rings (SSSR count). The summed E-state index contributed by atoms with van der Waals surface area (Å²) in [6.07, 6.45) is -0.870. The van der Waals surface area contributed by atoms with Gasteiger partial charge in [0.25, 0.3) is 5.56 Å². The van der Waals surface area contributed by atoms with E-state index >= 15 is 0 Å². The molecule has 1 amide bonds. The molecule has 6 nitrogen and oxygen atoms in total. The lowest BCUT2D eigenvalue weighted by Gasteiger charge is -2.05. The van der Waals surface area contributed by atoms with E-state index in [-0.39, 0.29) is 18.7 Å². The van der Waals surface area contributed by atoms with Gasteiger partial charge in [0.05, 0.1) is 12.1 Å². The molecule has 0 saturated carbocycles. The summed E-state index contributed by atoms with van der Waals surface area (Å²) >= 11 is 6.39. The third-order valence-corrected chi connectivity index (χ3v) is 3.38. The number of rotatable bonds is 3. The van der Waals surface area contributed by atoms with E-state index in [0.29, 0.717) is 9.47 Å². The summed E-state index contributed by atoms with van der Waals surface area (Å²) in [7, 11) is 0. The SMILES string of the molecule is NC(=O)OCCn1c(=S)[nH]c2ccsc2c1=O. The maximum absolute atomic E-state index is 12.0. The molecule has 3 N–H and O–H groups in total. The number of amides is 1. The van der Waals surface area contributed by atoms with Crippen LogP contribution in [0, 0.1) is 4.77 Å². The first-order chi connectivity index (χ1) is 8.09. The van der Waals surface area contributed by atoms with Crippen LogP contribution in [-0.4, -0.2) is 22.3 Å². The molecule has 0 fully saturated rings. The summed E-state index contributed by atoms with van der Waals surface area (Å²) in [5.41, 5.74) is 5.36. The van der Waals surface area contributed by atoms with Crippen molar-refractivity contribution in [1.82, 2.24) is 9.55 Å². The molecule has 2 heterocycles. The number of nitrogens with two attached hydrogens (primary N) is 1. The smallest absolute Gasteiger partial charge is 0.404 e. The van der Waals surface area contributed by atoms with Crippen molar-refractivity contribution in [2.24, 2.45) is 5.73 Å². The average molecular weight is 271 g/mol. The summed E-state index contributed by atoms with van der Waals surface area (Å²) in [5.74, 6) is 0. The van der Waals surface area contributed by atoms with Gasteiger partial charge < -0.3 is 15.5 Å². The lowest BCUT2D eigenvalue weighted by Crippen LogP contribution is -2.25. The fourth-order valence-electron chi connectivity index (χ4n) is 1.41.